The molecule has 2 amide bonds. The van der Waals surface area contributed by atoms with Crippen LogP contribution in [0.3, 0.4) is 0 Å². The smallest absolute Gasteiger partial charge is 0.256 e. The molecule has 0 bridgehead atoms. The van der Waals surface area contributed by atoms with Crippen LogP contribution < -0.4 is 0 Å². The van der Waals surface area contributed by atoms with E-state index in [0.29, 0.717) is 18.4 Å². The van der Waals surface area contributed by atoms with Crippen LogP contribution >= 0.6 is 0 Å². The number of imide groups is 1. The summed E-state index contributed by atoms with van der Waals surface area (Å²) in [5.74, 6) is 2.03. The van der Waals surface area contributed by atoms with Crippen LogP contribution in [0.4, 0.5) is 0 Å². The second kappa shape index (κ2) is 4.10. The molecule has 74 valence electrons. The molecule has 1 unspecified atom stereocenters. The number of rotatable bonds is 3. The van der Waals surface area contributed by atoms with Crippen molar-refractivity contribution in [2.75, 3.05) is 0 Å². The van der Waals surface area contributed by atoms with Crippen LogP contribution in [-0.2, 0) is 9.59 Å². The van der Waals surface area contributed by atoms with Gasteiger partial charge in [0, 0.05) is 18.1 Å². The highest BCUT2D eigenvalue weighted by molar-refractivity contribution is 6.16. The Morgan fingerprint density at radius 1 is 1.57 bits per heavy atom. The van der Waals surface area contributed by atoms with Crippen molar-refractivity contribution < 1.29 is 9.59 Å². The van der Waals surface area contributed by atoms with Crippen LogP contribution in [0.5, 0.6) is 0 Å². The summed E-state index contributed by atoms with van der Waals surface area (Å²) in [6.07, 6.45) is 7.67. The predicted octanol–water partition coefficient (Wildman–Crippen LogP) is 1.10. The molecule has 0 fully saturated rings. The Bertz CT molecular complexity index is 336. The van der Waals surface area contributed by atoms with Crippen LogP contribution in [0.1, 0.15) is 26.7 Å². The van der Waals surface area contributed by atoms with E-state index >= 15 is 0 Å². The SMILES string of the molecule is C#CCC(CC)N1C(=O)C=C(C)C1=O. The summed E-state index contributed by atoms with van der Waals surface area (Å²) in [6.45, 7) is 3.55. The van der Waals surface area contributed by atoms with Crippen molar-refractivity contribution in [3.05, 3.63) is 11.6 Å². The number of carbonyl (C=O) groups excluding carboxylic acids is 2. The number of amides is 2. The van der Waals surface area contributed by atoms with Crippen molar-refractivity contribution in [3.8, 4) is 12.3 Å². The van der Waals surface area contributed by atoms with E-state index in [4.69, 9.17) is 6.42 Å². The zero-order valence-electron chi connectivity index (χ0n) is 8.41. The molecule has 0 N–H and O–H groups in total. The Kier molecular flexibility index (Phi) is 3.08. The lowest BCUT2D eigenvalue weighted by Gasteiger charge is -2.23. The summed E-state index contributed by atoms with van der Waals surface area (Å²) in [5.41, 5.74) is 0.491. The molecule has 1 aliphatic rings. The molecule has 0 spiro atoms. The number of terminal acetylenes is 1. The third-order valence-electron chi connectivity index (χ3n) is 2.32. The summed E-state index contributed by atoms with van der Waals surface area (Å²) >= 11 is 0. The maximum atomic E-state index is 11.6. The van der Waals surface area contributed by atoms with Gasteiger partial charge in [0.15, 0.2) is 0 Å². The van der Waals surface area contributed by atoms with Gasteiger partial charge in [-0.25, -0.2) is 0 Å². The van der Waals surface area contributed by atoms with Gasteiger partial charge < -0.3 is 0 Å². The fraction of sp³-hybridized carbons (Fsp3) is 0.455. The minimum atomic E-state index is -0.241. The summed E-state index contributed by atoms with van der Waals surface area (Å²) in [7, 11) is 0. The van der Waals surface area contributed by atoms with Crippen molar-refractivity contribution in [1.29, 1.82) is 0 Å². The highest BCUT2D eigenvalue weighted by atomic mass is 16.2. The third-order valence-corrected chi connectivity index (χ3v) is 2.32. The fourth-order valence-electron chi connectivity index (χ4n) is 1.51. The van der Waals surface area contributed by atoms with E-state index in [-0.39, 0.29) is 17.9 Å². The highest BCUT2D eigenvalue weighted by Crippen LogP contribution is 2.18. The van der Waals surface area contributed by atoms with Crippen molar-refractivity contribution >= 4 is 11.8 Å². The first-order valence-electron chi connectivity index (χ1n) is 4.61. The van der Waals surface area contributed by atoms with Gasteiger partial charge in [-0.05, 0) is 13.3 Å². The lowest BCUT2D eigenvalue weighted by molar-refractivity contribution is -0.139. The molecule has 1 atom stereocenters. The molecule has 0 radical (unpaired) electrons. The minimum absolute atomic E-state index is 0.159. The van der Waals surface area contributed by atoms with E-state index in [1.807, 2.05) is 6.92 Å². The Morgan fingerprint density at radius 2 is 2.21 bits per heavy atom. The molecule has 0 aromatic heterocycles. The van der Waals surface area contributed by atoms with Gasteiger partial charge in [-0.2, -0.15) is 0 Å². The van der Waals surface area contributed by atoms with Gasteiger partial charge in [-0.1, -0.05) is 6.92 Å². The van der Waals surface area contributed by atoms with E-state index in [2.05, 4.69) is 5.92 Å². The van der Waals surface area contributed by atoms with E-state index in [1.165, 1.54) is 11.0 Å². The first-order valence-corrected chi connectivity index (χ1v) is 4.61. The summed E-state index contributed by atoms with van der Waals surface area (Å²) in [4.78, 5) is 24.2. The largest absolute Gasteiger partial charge is 0.271 e. The van der Waals surface area contributed by atoms with Gasteiger partial charge in [0.1, 0.15) is 0 Å². The molecule has 0 saturated heterocycles. The molecular formula is C11H13NO2. The molecule has 0 aromatic carbocycles. The zero-order valence-corrected chi connectivity index (χ0v) is 8.41. The van der Waals surface area contributed by atoms with Gasteiger partial charge in [0.2, 0.25) is 0 Å². The average Bonchev–Trinajstić information content (AvgIpc) is 2.39. The first-order chi connectivity index (χ1) is 6.61. The normalized spacial score (nSPS) is 18.1. The standard InChI is InChI=1S/C11H13NO2/c1-4-6-9(5-2)12-10(13)7-8(3)11(12)14/h1,7,9H,5-6H2,2-3H3. The molecule has 1 heterocycles. The average molecular weight is 191 g/mol. The molecular weight excluding hydrogens is 178 g/mol. The van der Waals surface area contributed by atoms with E-state index in [0.717, 1.165) is 0 Å². The zero-order chi connectivity index (χ0) is 10.7. The molecule has 14 heavy (non-hydrogen) atoms. The Balaban J connectivity index is 2.84. The maximum Gasteiger partial charge on any atom is 0.256 e. The maximum absolute atomic E-state index is 11.6. The molecule has 1 aliphatic heterocycles. The van der Waals surface area contributed by atoms with Crippen LogP contribution in [0.2, 0.25) is 0 Å². The van der Waals surface area contributed by atoms with Crippen molar-refractivity contribution in [1.82, 2.24) is 4.90 Å². The van der Waals surface area contributed by atoms with E-state index in [9.17, 15) is 9.59 Å². The fourth-order valence-corrected chi connectivity index (χ4v) is 1.51. The Morgan fingerprint density at radius 3 is 2.57 bits per heavy atom. The minimum Gasteiger partial charge on any atom is -0.271 e. The summed E-state index contributed by atoms with van der Waals surface area (Å²) in [5, 5.41) is 0. The van der Waals surface area contributed by atoms with Crippen LogP contribution in [-0.4, -0.2) is 22.8 Å². The van der Waals surface area contributed by atoms with Gasteiger partial charge in [0.25, 0.3) is 11.8 Å². The monoisotopic (exact) mass is 191 g/mol. The summed E-state index contributed by atoms with van der Waals surface area (Å²) in [6, 6.07) is -0.159. The van der Waals surface area contributed by atoms with Crippen LogP contribution in [0.25, 0.3) is 0 Å². The number of hydrogen-bond acceptors (Lipinski definition) is 2. The number of carbonyl (C=O) groups is 2. The second-order valence-electron chi connectivity index (χ2n) is 3.31. The Hall–Kier alpha value is -1.56. The van der Waals surface area contributed by atoms with Gasteiger partial charge in [0.05, 0.1) is 6.04 Å². The molecule has 3 heteroatoms. The van der Waals surface area contributed by atoms with Crippen LogP contribution in [0.15, 0.2) is 11.6 Å². The highest BCUT2D eigenvalue weighted by Gasteiger charge is 2.32. The molecule has 1 rings (SSSR count). The lowest BCUT2D eigenvalue weighted by Crippen LogP contribution is -2.40. The third kappa shape index (κ3) is 1.69. The van der Waals surface area contributed by atoms with Gasteiger partial charge >= 0.3 is 0 Å². The molecule has 3 nitrogen and oxygen atoms in total. The molecule has 0 aromatic rings. The van der Waals surface area contributed by atoms with Crippen LogP contribution in [0, 0.1) is 12.3 Å². The van der Waals surface area contributed by atoms with Crippen molar-refractivity contribution in [2.45, 2.75) is 32.7 Å². The van der Waals surface area contributed by atoms with Gasteiger partial charge in [-0.3, -0.25) is 14.5 Å². The predicted molar refractivity (Wildman–Crippen MR) is 53.1 cm³/mol. The van der Waals surface area contributed by atoms with Crippen molar-refractivity contribution in [2.24, 2.45) is 0 Å². The number of nitrogens with zero attached hydrogens (tertiary/aromatic N) is 1. The first kappa shape index (κ1) is 10.5. The van der Waals surface area contributed by atoms with E-state index < -0.39 is 0 Å². The topological polar surface area (TPSA) is 37.4 Å². The Labute approximate surface area is 83.8 Å². The number of hydrogen-bond donors (Lipinski definition) is 0. The summed E-state index contributed by atoms with van der Waals surface area (Å²) < 4.78 is 0. The molecule has 0 aliphatic carbocycles. The molecule has 0 saturated carbocycles. The van der Waals surface area contributed by atoms with Gasteiger partial charge in [-0.15, -0.1) is 12.3 Å². The quantitative estimate of drug-likeness (QED) is 0.495. The second-order valence-corrected chi connectivity index (χ2v) is 3.31. The van der Waals surface area contributed by atoms with Crippen molar-refractivity contribution in [3.63, 3.8) is 0 Å². The van der Waals surface area contributed by atoms with E-state index in [1.54, 1.807) is 6.92 Å². The lowest BCUT2D eigenvalue weighted by atomic mass is 10.1.